The van der Waals surface area contributed by atoms with Crippen LogP contribution < -0.4 is 0 Å². The number of hydrogen-bond donors (Lipinski definition) is 0. The molecule has 3 atom stereocenters. The number of rotatable bonds is 6. The molecule has 5 heteroatoms. The van der Waals surface area contributed by atoms with Crippen LogP contribution >= 0.6 is 0 Å². The standard InChI is InChI=1S/C28H28N2O3.C2H6/c31-27(30-24(20-33-28(30)32)16-21-10-4-1-5-11-21)26-19-29(17-22-12-6-2-7-13-22)18-25(26)23-14-8-3-9-15-23;1-2/h1-15,24-26H,16-20H2;1-2H3/t24-,25?,26-;/m0./s1. The fraction of sp³-hybridized carbons (Fsp3) is 0.333. The van der Waals surface area contributed by atoms with E-state index in [1.54, 1.807) is 0 Å². The van der Waals surface area contributed by atoms with Crippen LogP contribution in [0.2, 0.25) is 0 Å². The number of likely N-dealkylation sites (tertiary alicyclic amines) is 1. The summed E-state index contributed by atoms with van der Waals surface area (Å²) in [5.41, 5.74) is 3.45. The number of benzene rings is 3. The number of ether oxygens (including phenoxy) is 1. The number of amides is 2. The van der Waals surface area contributed by atoms with Crippen LogP contribution in [0.1, 0.15) is 36.5 Å². The minimum absolute atomic E-state index is 0.0354. The van der Waals surface area contributed by atoms with Crippen molar-refractivity contribution in [3.8, 4) is 0 Å². The molecular weight excluding hydrogens is 436 g/mol. The second-order valence-electron chi connectivity index (χ2n) is 8.93. The molecule has 2 aliphatic rings. The third kappa shape index (κ3) is 5.80. The Morgan fingerprint density at radius 1 is 0.829 bits per heavy atom. The first-order chi connectivity index (χ1) is 17.2. The first kappa shape index (κ1) is 24.7. The van der Waals surface area contributed by atoms with Crippen molar-refractivity contribution in [3.63, 3.8) is 0 Å². The van der Waals surface area contributed by atoms with Gasteiger partial charge in [0.2, 0.25) is 5.91 Å². The Bertz CT molecular complexity index is 1090. The van der Waals surface area contributed by atoms with Crippen LogP contribution in [-0.4, -0.2) is 47.5 Å². The summed E-state index contributed by atoms with van der Waals surface area (Å²) in [6.07, 6.45) is 0.0867. The molecule has 0 saturated carbocycles. The zero-order chi connectivity index (χ0) is 24.6. The molecule has 3 aromatic carbocycles. The quantitative estimate of drug-likeness (QED) is 0.476. The normalized spacial score (nSPS) is 21.8. The van der Waals surface area contributed by atoms with Crippen LogP contribution in [0.5, 0.6) is 0 Å². The van der Waals surface area contributed by atoms with E-state index in [4.69, 9.17) is 4.74 Å². The summed E-state index contributed by atoms with van der Waals surface area (Å²) in [6, 6.07) is 30.2. The average Bonchev–Trinajstić information content (AvgIpc) is 3.50. The highest BCUT2D eigenvalue weighted by molar-refractivity contribution is 5.95. The third-order valence-corrected chi connectivity index (χ3v) is 6.70. The Morgan fingerprint density at radius 2 is 1.40 bits per heavy atom. The van der Waals surface area contributed by atoms with E-state index in [-0.39, 0.29) is 30.4 Å². The number of carbonyl (C=O) groups is 2. The zero-order valence-corrected chi connectivity index (χ0v) is 20.5. The fourth-order valence-electron chi connectivity index (χ4n) is 5.09. The summed E-state index contributed by atoms with van der Waals surface area (Å²) in [7, 11) is 0. The summed E-state index contributed by atoms with van der Waals surface area (Å²) in [5, 5.41) is 0. The van der Waals surface area contributed by atoms with Gasteiger partial charge in [-0.05, 0) is 23.1 Å². The molecule has 2 heterocycles. The molecule has 5 nitrogen and oxygen atoms in total. The summed E-state index contributed by atoms with van der Waals surface area (Å²) < 4.78 is 5.35. The van der Waals surface area contributed by atoms with E-state index in [0.717, 1.165) is 24.2 Å². The van der Waals surface area contributed by atoms with Crippen LogP contribution in [-0.2, 0) is 22.5 Å². The van der Waals surface area contributed by atoms with E-state index in [9.17, 15) is 9.59 Å². The smallest absolute Gasteiger partial charge is 0.416 e. The number of imide groups is 1. The second kappa shape index (κ2) is 11.8. The summed E-state index contributed by atoms with van der Waals surface area (Å²) in [4.78, 5) is 30.2. The molecule has 2 saturated heterocycles. The van der Waals surface area contributed by atoms with Gasteiger partial charge in [0, 0.05) is 25.6 Å². The van der Waals surface area contributed by atoms with Gasteiger partial charge in [0.1, 0.15) is 6.61 Å². The third-order valence-electron chi connectivity index (χ3n) is 6.70. The minimum atomic E-state index is -0.519. The molecule has 2 aliphatic heterocycles. The summed E-state index contributed by atoms with van der Waals surface area (Å²) in [6.45, 7) is 6.43. The van der Waals surface area contributed by atoms with Crippen molar-refractivity contribution >= 4 is 12.0 Å². The van der Waals surface area contributed by atoms with Crippen molar-refractivity contribution in [2.24, 2.45) is 5.92 Å². The summed E-state index contributed by atoms with van der Waals surface area (Å²) >= 11 is 0. The maximum atomic E-state index is 13.8. The van der Waals surface area contributed by atoms with Gasteiger partial charge in [-0.25, -0.2) is 9.69 Å². The summed E-state index contributed by atoms with van der Waals surface area (Å²) in [5.74, 6) is -0.379. The van der Waals surface area contributed by atoms with Crippen LogP contribution in [0.3, 0.4) is 0 Å². The molecule has 0 bridgehead atoms. The molecule has 182 valence electrons. The van der Waals surface area contributed by atoms with E-state index in [2.05, 4.69) is 29.2 Å². The molecule has 1 unspecified atom stereocenters. The Morgan fingerprint density at radius 3 is 2.03 bits per heavy atom. The Balaban J connectivity index is 0.00000141. The van der Waals surface area contributed by atoms with Gasteiger partial charge in [-0.15, -0.1) is 0 Å². The molecule has 0 radical (unpaired) electrons. The van der Waals surface area contributed by atoms with Crippen LogP contribution in [0.25, 0.3) is 0 Å². The molecule has 5 rings (SSSR count). The van der Waals surface area contributed by atoms with Gasteiger partial charge in [-0.3, -0.25) is 9.69 Å². The molecule has 2 amide bonds. The molecule has 2 fully saturated rings. The molecule has 35 heavy (non-hydrogen) atoms. The number of cyclic esters (lactones) is 1. The molecular formula is C30H34N2O3. The molecule has 0 aliphatic carbocycles. The fourth-order valence-corrected chi connectivity index (χ4v) is 5.09. The first-order valence-corrected chi connectivity index (χ1v) is 12.5. The Hall–Kier alpha value is -3.44. The van der Waals surface area contributed by atoms with Gasteiger partial charge < -0.3 is 4.74 Å². The molecule has 0 aromatic heterocycles. The van der Waals surface area contributed by atoms with Crippen molar-refractivity contribution in [3.05, 3.63) is 108 Å². The maximum Gasteiger partial charge on any atom is 0.416 e. The predicted molar refractivity (Wildman–Crippen MR) is 138 cm³/mol. The number of nitrogens with zero attached hydrogens (tertiary/aromatic N) is 2. The Labute approximate surface area is 208 Å². The molecule has 0 spiro atoms. The van der Waals surface area contributed by atoms with Gasteiger partial charge >= 0.3 is 6.09 Å². The van der Waals surface area contributed by atoms with Gasteiger partial charge in [0.05, 0.1) is 12.0 Å². The lowest BCUT2D eigenvalue weighted by molar-refractivity contribution is -0.133. The first-order valence-electron chi connectivity index (χ1n) is 12.5. The van der Waals surface area contributed by atoms with Gasteiger partial charge in [-0.1, -0.05) is 105 Å². The van der Waals surface area contributed by atoms with E-state index in [0.29, 0.717) is 13.0 Å². The highest BCUT2D eigenvalue weighted by Crippen LogP contribution is 2.36. The van der Waals surface area contributed by atoms with Gasteiger partial charge in [-0.2, -0.15) is 0 Å². The predicted octanol–water partition coefficient (Wildman–Crippen LogP) is 5.52. The lowest BCUT2D eigenvalue weighted by Crippen LogP contribution is -2.45. The highest BCUT2D eigenvalue weighted by Gasteiger charge is 2.46. The van der Waals surface area contributed by atoms with Crippen LogP contribution in [0.15, 0.2) is 91.0 Å². The van der Waals surface area contributed by atoms with Crippen LogP contribution in [0, 0.1) is 5.92 Å². The van der Waals surface area contributed by atoms with Crippen LogP contribution in [0.4, 0.5) is 4.79 Å². The monoisotopic (exact) mass is 470 g/mol. The van der Waals surface area contributed by atoms with E-state index in [1.807, 2.05) is 80.6 Å². The average molecular weight is 471 g/mol. The Kier molecular flexibility index (Phi) is 8.32. The highest BCUT2D eigenvalue weighted by atomic mass is 16.6. The topological polar surface area (TPSA) is 49.9 Å². The maximum absolute atomic E-state index is 13.8. The lowest BCUT2D eigenvalue weighted by Gasteiger charge is -2.26. The number of carbonyl (C=O) groups excluding carboxylic acids is 2. The van der Waals surface area contributed by atoms with E-state index < -0.39 is 6.09 Å². The van der Waals surface area contributed by atoms with Crippen molar-refractivity contribution in [2.75, 3.05) is 19.7 Å². The van der Waals surface area contributed by atoms with Crippen molar-refractivity contribution in [2.45, 2.75) is 38.8 Å². The molecule has 0 N–H and O–H groups in total. The van der Waals surface area contributed by atoms with Gasteiger partial charge in [0.15, 0.2) is 0 Å². The van der Waals surface area contributed by atoms with E-state index in [1.165, 1.54) is 10.5 Å². The second-order valence-corrected chi connectivity index (χ2v) is 8.93. The number of hydrogen-bond acceptors (Lipinski definition) is 4. The largest absolute Gasteiger partial charge is 0.447 e. The minimum Gasteiger partial charge on any atom is -0.447 e. The van der Waals surface area contributed by atoms with E-state index >= 15 is 0 Å². The SMILES string of the molecule is CC.O=C1OC[C@H](Cc2ccccc2)N1C(=O)[C@H]1CN(Cc2ccccc2)CC1c1ccccc1. The lowest BCUT2D eigenvalue weighted by atomic mass is 9.87. The van der Waals surface area contributed by atoms with Gasteiger partial charge in [0.25, 0.3) is 0 Å². The van der Waals surface area contributed by atoms with Crippen molar-refractivity contribution in [1.29, 1.82) is 0 Å². The molecule has 3 aromatic rings. The van der Waals surface area contributed by atoms with Crippen molar-refractivity contribution in [1.82, 2.24) is 9.80 Å². The van der Waals surface area contributed by atoms with Crippen molar-refractivity contribution < 1.29 is 14.3 Å². The zero-order valence-electron chi connectivity index (χ0n) is 20.5.